The molecular weight excluding hydrogens is 284 g/mol. The van der Waals surface area contributed by atoms with Gasteiger partial charge in [-0.05, 0) is 44.0 Å². The van der Waals surface area contributed by atoms with E-state index in [2.05, 4.69) is 49.2 Å². The summed E-state index contributed by atoms with van der Waals surface area (Å²) in [6, 6.07) is 6.84. The third kappa shape index (κ3) is 5.85. The number of benzene rings is 1. The van der Waals surface area contributed by atoms with E-state index in [1.165, 1.54) is 5.69 Å². The highest BCUT2D eigenvalue weighted by Gasteiger charge is 2.14. The van der Waals surface area contributed by atoms with E-state index in [1.807, 2.05) is 0 Å². The molecule has 3 nitrogen and oxygen atoms in total. The molecule has 0 aliphatic heterocycles. The molecule has 0 radical (unpaired) electrons. The number of ether oxygens (including phenoxy) is 1. The van der Waals surface area contributed by atoms with Gasteiger partial charge in [0.1, 0.15) is 0 Å². The van der Waals surface area contributed by atoms with E-state index in [0.717, 1.165) is 49.7 Å². The number of nitrogens with zero attached hydrogens (tertiary/aromatic N) is 1. The number of rotatable bonds is 10. The van der Waals surface area contributed by atoms with Crippen LogP contribution in [0.1, 0.15) is 39.2 Å². The van der Waals surface area contributed by atoms with Crippen molar-refractivity contribution in [2.75, 3.05) is 31.7 Å². The topological polar surface area (TPSA) is 24.5 Å². The zero-order valence-corrected chi connectivity index (χ0v) is 14.5. The van der Waals surface area contributed by atoms with Crippen LogP contribution in [-0.4, -0.2) is 32.8 Å². The molecule has 0 heterocycles. The summed E-state index contributed by atoms with van der Waals surface area (Å²) in [7, 11) is 1.74. The molecule has 1 atom stereocenters. The molecule has 1 unspecified atom stereocenters. The molecule has 0 saturated carbocycles. The Balaban J connectivity index is 2.82. The van der Waals surface area contributed by atoms with Gasteiger partial charge in [0.15, 0.2) is 0 Å². The van der Waals surface area contributed by atoms with Crippen LogP contribution in [0.2, 0.25) is 5.02 Å². The summed E-state index contributed by atoms with van der Waals surface area (Å²) in [6.45, 7) is 10.1. The minimum atomic E-state index is 0.472. The lowest BCUT2D eigenvalue weighted by Crippen LogP contribution is -2.35. The molecule has 0 aliphatic carbocycles. The number of methoxy groups -OCH3 is 1. The van der Waals surface area contributed by atoms with Gasteiger partial charge in [-0.1, -0.05) is 31.5 Å². The van der Waals surface area contributed by atoms with Gasteiger partial charge in [-0.2, -0.15) is 0 Å². The van der Waals surface area contributed by atoms with Gasteiger partial charge < -0.3 is 15.0 Å². The molecule has 1 N–H and O–H groups in total. The van der Waals surface area contributed by atoms with Gasteiger partial charge in [0.05, 0.1) is 6.61 Å². The van der Waals surface area contributed by atoms with Crippen LogP contribution in [0, 0.1) is 0 Å². The molecule has 4 heteroatoms. The molecule has 0 aromatic heterocycles. The Morgan fingerprint density at radius 3 is 2.67 bits per heavy atom. The molecule has 1 rings (SSSR count). The minimum absolute atomic E-state index is 0.472. The summed E-state index contributed by atoms with van der Waals surface area (Å²) in [5, 5.41) is 4.23. The summed E-state index contributed by atoms with van der Waals surface area (Å²) in [6.07, 6.45) is 2.23. The van der Waals surface area contributed by atoms with Gasteiger partial charge in [0.2, 0.25) is 0 Å². The van der Waals surface area contributed by atoms with Crippen molar-refractivity contribution in [3.8, 4) is 0 Å². The Morgan fingerprint density at radius 2 is 2.10 bits per heavy atom. The summed E-state index contributed by atoms with van der Waals surface area (Å²) >= 11 is 6.44. The van der Waals surface area contributed by atoms with Crippen LogP contribution in [0.3, 0.4) is 0 Å². The predicted molar refractivity (Wildman–Crippen MR) is 92.4 cm³/mol. The van der Waals surface area contributed by atoms with Crippen LogP contribution in [0.15, 0.2) is 18.2 Å². The second kappa shape index (κ2) is 10.0. The third-order valence-electron chi connectivity index (χ3n) is 3.77. The normalized spacial score (nSPS) is 12.4. The van der Waals surface area contributed by atoms with Crippen LogP contribution in [-0.2, 0) is 11.3 Å². The average molecular weight is 313 g/mol. The number of halogens is 1. The Hall–Kier alpha value is -0.770. The fourth-order valence-electron chi connectivity index (χ4n) is 2.27. The van der Waals surface area contributed by atoms with Gasteiger partial charge >= 0.3 is 0 Å². The first-order valence-electron chi connectivity index (χ1n) is 7.88. The van der Waals surface area contributed by atoms with E-state index in [9.17, 15) is 0 Å². The zero-order valence-electron chi connectivity index (χ0n) is 13.8. The standard InChI is InChI=1S/C17H29ClN2O/c1-5-9-19-13-15-7-8-16(12-17(15)18)20(10-11-21-4)14(3)6-2/h7-8,12,14,19H,5-6,9-11,13H2,1-4H3. The van der Waals surface area contributed by atoms with Crippen LogP contribution in [0.5, 0.6) is 0 Å². The highest BCUT2D eigenvalue weighted by molar-refractivity contribution is 6.31. The van der Waals surface area contributed by atoms with Crippen molar-refractivity contribution in [3.63, 3.8) is 0 Å². The lowest BCUT2D eigenvalue weighted by atomic mass is 10.1. The Bertz CT molecular complexity index is 412. The molecule has 21 heavy (non-hydrogen) atoms. The maximum absolute atomic E-state index is 6.44. The highest BCUT2D eigenvalue weighted by Crippen LogP contribution is 2.25. The Kier molecular flexibility index (Phi) is 8.74. The van der Waals surface area contributed by atoms with Gasteiger partial charge in [0, 0.05) is 37.0 Å². The van der Waals surface area contributed by atoms with E-state index in [0.29, 0.717) is 6.04 Å². The largest absolute Gasteiger partial charge is 0.383 e. The first-order valence-corrected chi connectivity index (χ1v) is 8.26. The van der Waals surface area contributed by atoms with Crippen molar-refractivity contribution in [2.24, 2.45) is 0 Å². The first kappa shape index (κ1) is 18.3. The number of anilines is 1. The molecule has 0 bridgehead atoms. The van der Waals surface area contributed by atoms with Crippen molar-refractivity contribution < 1.29 is 4.74 Å². The molecule has 120 valence electrons. The smallest absolute Gasteiger partial charge is 0.0637 e. The molecule has 0 saturated heterocycles. The molecule has 0 aliphatic rings. The SMILES string of the molecule is CCCNCc1ccc(N(CCOC)C(C)CC)cc1Cl. The molecular formula is C17H29ClN2O. The van der Waals surface area contributed by atoms with Gasteiger partial charge in [0.25, 0.3) is 0 Å². The van der Waals surface area contributed by atoms with E-state index in [-0.39, 0.29) is 0 Å². The van der Waals surface area contributed by atoms with E-state index < -0.39 is 0 Å². The van der Waals surface area contributed by atoms with Crippen molar-refractivity contribution in [3.05, 3.63) is 28.8 Å². The first-order chi connectivity index (χ1) is 10.1. The minimum Gasteiger partial charge on any atom is -0.383 e. The Morgan fingerprint density at radius 1 is 1.33 bits per heavy atom. The van der Waals surface area contributed by atoms with E-state index in [4.69, 9.17) is 16.3 Å². The van der Waals surface area contributed by atoms with Gasteiger partial charge in [-0.15, -0.1) is 0 Å². The summed E-state index contributed by atoms with van der Waals surface area (Å²) in [4.78, 5) is 2.36. The molecule has 1 aromatic rings. The third-order valence-corrected chi connectivity index (χ3v) is 4.12. The molecule has 0 spiro atoms. The van der Waals surface area contributed by atoms with Gasteiger partial charge in [-0.25, -0.2) is 0 Å². The van der Waals surface area contributed by atoms with Crippen LogP contribution in [0.25, 0.3) is 0 Å². The molecule has 0 amide bonds. The predicted octanol–water partition coefficient (Wildman–Crippen LogP) is 4.09. The summed E-state index contributed by atoms with van der Waals surface area (Å²) in [5.74, 6) is 0. The summed E-state index contributed by atoms with van der Waals surface area (Å²) in [5.41, 5.74) is 2.33. The second-order valence-electron chi connectivity index (χ2n) is 5.40. The Labute approximate surface area is 134 Å². The quantitative estimate of drug-likeness (QED) is 0.659. The van der Waals surface area contributed by atoms with Crippen molar-refractivity contribution >= 4 is 17.3 Å². The van der Waals surface area contributed by atoms with E-state index >= 15 is 0 Å². The fraction of sp³-hybridized carbons (Fsp3) is 0.647. The van der Waals surface area contributed by atoms with Crippen molar-refractivity contribution in [2.45, 2.75) is 46.2 Å². The van der Waals surface area contributed by atoms with Gasteiger partial charge in [-0.3, -0.25) is 0 Å². The second-order valence-corrected chi connectivity index (χ2v) is 5.80. The lowest BCUT2D eigenvalue weighted by molar-refractivity contribution is 0.203. The lowest BCUT2D eigenvalue weighted by Gasteiger charge is -2.31. The maximum atomic E-state index is 6.44. The number of nitrogens with one attached hydrogen (secondary N) is 1. The molecule has 1 aromatic carbocycles. The van der Waals surface area contributed by atoms with Crippen LogP contribution < -0.4 is 10.2 Å². The summed E-state index contributed by atoms with van der Waals surface area (Å²) < 4.78 is 5.22. The van der Waals surface area contributed by atoms with E-state index in [1.54, 1.807) is 7.11 Å². The van der Waals surface area contributed by atoms with Crippen LogP contribution >= 0.6 is 11.6 Å². The zero-order chi connectivity index (χ0) is 15.7. The van der Waals surface area contributed by atoms with Crippen molar-refractivity contribution in [1.82, 2.24) is 5.32 Å². The maximum Gasteiger partial charge on any atom is 0.0637 e. The van der Waals surface area contributed by atoms with Crippen LogP contribution in [0.4, 0.5) is 5.69 Å². The fourth-order valence-corrected chi connectivity index (χ4v) is 2.51. The monoisotopic (exact) mass is 312 g/mol. The average Bonchev–Trinajstić information content (AvgIpc) is 2.49. The molecule has 0 fully saturated rings. The number of hydrogen-bond donors (Lipinski definition) is 1. The van der Waals surface area contributed by atoms with Crippen molar-refractivity contribution in [1.29, 1.82) is 0 Å². The highest BCUT2D eigenvalue weighted by atomic mass is 35.5. The number of hydrogen-bond acceptors (Lipinski definition) is 3.